The summed E-state index contributed by atoms with van der Waals surface area (Å²) in [5.74, 6) is -0.758. The van der Waals surface area contributed by atoms with Crippen molar-refractivity contribution in [3.05, 3.63) is 35.9 Å². The van der Waals surface area contributed by atoms with Crippen molar-refractivity contribution in [2.24, 2.45) is 0 Å². The van der Waals surface area contributed by atoms with Gasteiger partial charge in [0, 0.05) is 19.5 Å². The predicted molar refractivity (Wildman–Crippen MR) is 75.4 cm³/mol. The molecule has 1 atom stereocenters. The van der Waals surface area contributed by atoms with E-state index >= 15 is 0 Å². The first-order valence-electron chi connectivity index (χ1n) is 6.99. The zero-order chi connectivity index (χ0) is 14.4. The second-order valence-corrected chi connectivity index (χ2v) is 5.01. The Labute approximate surface area is 118 Å². The lowest BCUT2D eigenvalue weighted by molar-refractivity contribution is -0.137. The maximum absolute atomic E-state index is 11.9. The standard InChI is InChI=1S/C15H20N2O3/c18-14(19)9-5-2-6-10-17-13(11-16-15(17)20)12-7-3-1-4-8-12/h1,3-4,7-8,13H,2,5-6,9-11H2,(H,16,20)(H,18,19). The van der Waals surface area contributed by atoms with Crippen LogP contribution in [0.4, 0.5) is 4.79 Å². The minimum atomic E-state index is -0.758. The number of nitrogens with zero attached hydrogens (tertiary/aromatic N) is 1. The number of amides is 2. The van der Waals surface area contributed by atoms with E-state index in [1.807, 2.05) is 35.2 Å². The molecular formula is C15H20N2O3. The number of hydrogen-bond donors (Lipinski definition) is 2. The maximum atomic E-state index is 11.9. The third kappa shape index (κ3) is 3.73. The minimum Gasteiger partial charge on any atom is -0.481 e. The normalized spacial score (nSPS) is 18.1. The van der Waals surface area contributed by atoms with Gasteiger partial charge in [-0.15, -0.1) is 0 Å². The molecule has 1 saturated heterocycles. The second-order valence-electron chi connectivity index (χ2n) is 5.01. The quantitative estimate of drug-likeness (QED) is 0.751. The lowest BCUT2D eigenvalue weighted by Crippen LogP contribution is -2.30. The number of carboxylic acids is 1. The molecule has 1 fully saturated rings. The second kappa shape index (κ2) is 6.93. The fourth-order valence-electron chi connectivity index (χ4n) is 2.50. The van der Waals surface area contributed by atoms with Crippen LogP contribution in [0.3, 0.4) is 0 Å². The first-order valence-corrected chi connectivity index (χ1v) is 6.99. The SMILES string of the molecule is O=C(O)CCCCCN1C(=O)NCC1c1ccccc1. The van der Waals surface area contributed by atoms with Gasteiger partial charge in [0.25, 0.3) is 0 Å². The number of carbonyl (C=O) groups excluding carboxylic acids is 1. The van der Waals surface area contributed by atoms with Crippen LogP contribution in [-0.2, 0) is 4.79 Å². The van der Waals surface area contributed by atoms with Crippen LogP contribution in [0, 0.1) is 0 Å². The molecule has 108 valence electrons. The molecule has 0 spiro atoms. The fraction of sp³-hybridized carbons (Fsp3) is 0.467. The van der Waals surface area contributed by atoms with E-state index in [0.29, 0.717) is 19.5 Å². The highest BCUT2D eigenvalue weighted by Crippen LogP contribution is 2.24. The molecule has 2 amide bonds. The van der Waals surface area contributed by atoms with Crippen molar-refractivity contribution in [2.45, 2.75) is 31.7 Å². The predicted octanol–water partition coefficient (Wildman–Crippen LogP) is 2.40. The number of nitrogens with one attached hydrogen (secondary N) is 1. The van der Waals surface area contributed by atoms with Crippen LogP contribution >= 0.6 is 0 Å². The maximum Gasteiger partial charge on any atom is 0.318 e. The lowest BCUT2D eigenvalue weighted by Gasteiger charge is -2.23. The monoisotopic (exact) mass is 276 g/mol. The molecule has 0 aromatic heterocycles. The average Bonchev–Trinajstić information content (AvgIpc) is 2.80. The Hall–Kier alpha value is -2.04. The van der Waals surface area contributed by atoms with Crippen molar-refractivity contribution in [3.8, 4) is 0 Å². The van der Waals surface area contributed by atoms with Gasteiger partial charge >= 0.3 is 12.0 Å². The van der Waals surface area contributed by atoms with E-state index in [2.05, 4.69) is 5.32 Å². The van der Waals surface area contributed by atoms with E-state index in [1.165, 1.54) is 0 Å². The molecule has 0 saturated carbocycles. The van der Waals surface area contributed by atoms with E-state index in [9.17, 15) is 9.59 Å². The molecule has 1 aliphatic heterocycles. The number of benzene rings is 1. The Kier molecular flexibility index (Phi) is 4.98. The van der Waals surface area contributed by atoms with E-state index in [-0.39, 0.29) is 18.5 Å². The molecule has 1 aromatic carbocycles. The summed E-state index contributed by atoms with van der Waals surface area (Å²) in [7, 11) is 0. The minimum absolute atomic E-state index is 0.0305. The summed E-state index contributed by atoms with van der Waals surface area (Å²) >= 11 is 0. The molecule has 0 aliphatic carbocycles. The van der Waals surface area contributed by atoms with E-state index in [1.54, 1.807) is 0 Å². The molecule has 0 bridgehead atoms. The highest BCUT2D eigenvalue weighted by molar-refractivity contribution is 5.77. The van der Waals surface area contributed by atoms with Gasteiger partial charge in [-0.05, 0) is 18.4 Å². The van der Waals surface area contributed by atoms with Crippen LogP contribution in [0.15, 0.2) is 30.3 Å². The largest absolute Gasteiger partial charge is 0.481 e. The molecule has 20 heavy (non-hydrogen) atoms. The summed E-state index contributed by atoms with van der Waals surface area (Å²) in [5.41, 5.74) is 1.14. The molecule has 0 radical (unpaired) electrons. The number of carboxylic acid groups (broad SMARTS) is 1. The van der Waals surface area contributed by atoms with Crippen molar-refractivity contribution in [1.82, 2.24) is 10.2 Å². The summed E-state index contributed by atoms with van der Waals surface area (Å²) in [6, 6.07) is 10.0. The van der Waals surface area contributed by atoms with Crippen LogP contribution in [0.25, 0.3) is 0 Å². The zero-order valence-electron chi connectivity index (χ0n) is 11.4. The van der Waals surface area contributed by atoms with Crippen molar-refractivity contribution in [3.63, 3.8) is 0 Å². The smallest absolute Gasteiger partial charge is 0.318 e. The molecule has 5 heteroatoms. The lowest BCUT2D eigenvalue weighted by atomic mass is 10.1. The van der Waals surface area contributed by atoms with Crippen molar-refractivity contribution < 1.29 is 14.7 Å². The summed E-state index contributed by atoms with van der Waals surface area (Å²) in [4.78, 5) is 24.1. The van der Waals surface area contributed by atoms with Gasteiger partial charge in [-0.25, -0.2) is 4.79 Å². The average molecular weight is 276 g/mol. The van der Waals surface area contributed by atoms with Crippen molar-refractivity contribution >= 4 is 12.0 Å². The molecule has 1 unspecified atom stereocenters. The summed E-state index contributed by atoms with van der Waals surface area (Å²) in [6.45, 7) is 1.31. The molecule has 2 rings (SSSR count). The number of rotatable bonds is 7. The van der Waals surface area contributed by atoms with Crippen LogP contribution in [0.1, 0.15) is 37.3 Å². The summed E-state index contributed by atoms with van der Waals surface area (Å²) in [6.07, 6.45) is 2.54. The molecule has 1 aromatic rings. The number of aliphatic carboxylic acids is 1. The fourth-order valence-corrected chi connectivity index (χ4v) is 2.50. The number of urea groups is 1. The van der Waals surface area contributed by atoms with Crippen LogP contribution in [0.5, 0.6) is 0 Å². The van der Waals surface area contributed by atoms with Gasteiger partial charge in [-0.3, -0.25) is 4.79 Å². The van der Waals surface area contributed by atoms with Crippen molar-refractivity contribution in [1.29, 1.82) is 0 Å². The molecule has 1 heterocycles. The first kappa shape index (κ1) is 14.4. The molecular weight excluding hydrogens is 256 g/mol. The van der Waals surface area contributed by atoms with Crippen LogP contribution in [-0.4, -0.2) is 35.1 Å². The van der Waals surface area contributed by atoms with Gasteiger partial charge in [-0.1, -0.05) is 36.8 Å². The first-order chi connectivity index (χ1) is 9.68. The van der Waals surface area contributed by atoms with Gasteiger partial charge in [-0.2, -0.15) is 0 Å². The van der Waals surface area contributed by atoms with Gasteiger partial charge in [0.05, 0.1) is 6.04 Å². The Morgan fingerprint density at radius 3 is 2.70 bits per heavy atom. The number of carbonyl (C=O) groups is 2. The molecule has 1 aliphatic rings. The Bertz CT molecular complexity index is 461. The third-order valence-corrected chi connectivity index (χ3v) is 3.56. The zero-order valence-corrected chi connectivity index (χ0v) is 11.4. The summed E-state index contributed by atoms with van der Waals surface area (Å²) in [5, 5.41) is 11.5. The van der Waals surface area contributed by atoms with Gasteiger partial charge < -0.3 is 15.3 Å². The Morgan fingerprint density at radius 2 is 2.00 bits per heavy atom. The van der Waals surface area contributed by atoms with Crippen molar-refractivity contribution in [2.75, 3.05) is 13.1 Å². The van der Waals surface area contributed by atoms with E-state index in [0.717, 1.165) is 18.4 Å². The van der Waals surface area contributed by atoms with Gasteiger partial charge in [0.1, 0.15) is 0 Å². The topological polar surface area (TPSA) is 69.6 Å². The highest BCUT2D eigenvalue weighted by atomic mass is 16.4. The van der Waals surface area contributed by atoms with Crippen LogP contribution < -0.4 is 5.32 Å². The van der Waals surface area contributed by atoms with Gasteiger partial charge in [0.15, 0.2) is 0 Å². The number of unbranched alkanes of at least 4 members (excludes halogenated alkanes) is 2. The highest BCUT2D eigenvalue weighted by Gasteiger charge is 2.30. The number of hydrogen-bond acceptors (Lipinski definition) is 2. The van der Waals surface area contributed by atoms with Gasteiger partial charge in [0.2, 0.25) is 0 Å². The molecule has 2 N–H and O–H groups in total. The Balaban J connectivity index is 1.85. The van der Waals surface area contributed by atoms with Crippen LogP contribution in [0.2, 0.25) is 0 Å². The summed E-state index contributed by atoms with van der Waals surface area (Å²) < 4.78 is 0. The third-order valence-electron chi connectivity index (χ3n) is 3.56. The van der Waals surface area contributed by atoms with E-state index in [4.69, 9.17) is 5.11 Å². The molecule has 5 nitrogen and oxygen atoms in total. The van der Waals surface area contributed by atoms with E-state index < -0.39 is 5.97 Å². The Morgan fingerprint density at radius 1 is 1.25 bits per heavy atom.